The Labute approximate surface area is 234 Å². The van der Waals surface area contributed by atoms with E-state index in [0.717, 1.165) is 63.9 Å². The van der Waals surface area contributed by atoms with Crippen LogP contribution in [0.4, 0.5) is 0 Å². The molecule has 2 aliphatic rings. The third-order valence-corrected chi connectivity index (χ3v) is 7.77. The van der Waals surface area contributed by atoms with Crippen LogP contribution in [0, 0.1) is 5.92 Å². The van der Waals surface area contributed by atoms with Gasteiger partial charge in [-0.05, 0) is 65.9 Å². The summed E-state index contributed by atoms with van der Waals surface area (Å²) in [7, 11) is 3.35. The summed E-state index contributed by atoms with van der Waals surface area (Å²) in [6.07, 6.45) is 4.98. The lowest BCUT2D eigenvalue weighted by Crippen LogP contribution is -2.34. The van der Waals surface area contributed by atoms with E-state index in [1.54, 1.807) is 19.2 Å². The third-order valence-electron chi connectivity index (χ3n) is 7.77. The van der Waals surface area contributed by atoms with Gasteiger partial charge in [-0.15, -0.1) is 0 Å². The zero-order valence-corrected chi connectivity index (χ0v) is 22.7. The molecule has 1 amide bonds. The zero-order valence-electron chi connectivity index (χ0n) is 22.7. The molecule has 0 saturated heterocycles. The van der Waals surface area contributed by atoms with E-state index in [1.165, 1.54) is 0 Å². The van der Waals surface area contributed by atoms with E-state index in [4.69, 9.17) is 19.3 Å². The fraction of sp³-hybridized carbons (Fsp3) is 0.235. The Morgan fingerprint density at radius 1 is 0.900 bits per heavy atom. The van der Waals surface area contributed by atoms with Crippen LogP contribution < -0.4 is 14.2 Å². The van der Waals surface area contributed by atoms with Crippen molar-refractivity contribution in [2.75, 3.05) is 20.8 Å². The SMILES string of the molecule is COc1ccccc1/C=C1\CCCC2C1=NN(C(=O)COc1ccc3ccccc3c1)C2c1ccccc1OC. The zero-order chi connectivity index (χ0) is 27.5. The molecule has 202 valence electrons. The van der Waals surface area contributed by atoms with Crippen LogP contribution in [-0.2, 0) is 4.79 Å². The highest BCUT2D eigenvalue weighted by molar-refractivity contribution is 6.08. The fourth-order valence-electron chi connectivity index (χ4n) is 5.87. The van der Waals surface area contributed by atoms with E-state index in [2.05, 4.69) is 12.1 Å². The van der Waals surface area contributed by atoms with E-state index >= 15 is 0 Å². The second-order valence-electron chi connectivity index (χ2n) is 10.1. The molecule has 1 aliphatic carbocycles. The highest BCUT2D eigenvalue weighted by atomic mass is 16.5. The third kappa shape index (κ3) is 4.93. The first kappa shape index (κ1) is 25.7. The lowest BCUT2D eigenvalue weighted by atomic mass is 9.77. The molecule has 4 aromatic rings. The number of ether oxygens (including phenoxy) is 3. The van der Waals surface area contributed by atoms with Gasteiger partial charge < -0.3 is 14.2 Å². The standard InChI is InChI=1S/C34H32N2O4/c1-38-30-16-7-5-12-25(30)20-26-13-9-15-29-33(26)35-36(34(29)28-14-6-8-17-31(28)39-2)32(37)22-40-27-19-18-23-10-3-4-11-24(23)21-27/h3-8,10-12,14,16-21,29,34H,9,13,15,22H2,1-2H3/b26-20+. The van der Waals surface area contributed by atoms with Gasteiger partial charge in [-0.1, -0.05) is 66.7 Å². The minimum atomic E-state index is -0.278. The molecule has 1 aliphatic heterocycles. The summed E-state index contributed by atoms with van der Waals surface area (Å²) in [5.41, 5.74) is 4.03. The molecule has 1 fully saturated rings. The minimum absolute atomic E-state index is 0.0515. The van der Waals surface area contributed by atoms with Crippen LogP contribution in [-0.4, -0.2) is 37.5 Å². The number of hydrogen-bond acceptors (Lipinski definition) is 5. The first-order chi connectivity index (χ1) is 19.7. The average molecular weight is 533 g/mol. The Balaban J connectivity index is 1.34. The van der Waals surface area contributed by atoms with Crippen LogP contribution in [0.5, 0.6) is 17.2 Å². The predicted molar refractivity (Wildman–Crippen MR) is 158 cm³/mol. The predicted octanol–water partition coefficient (Wildman–Crippen LogP) is 7.06. The van der Waals surface area contributed by atoms with Crippen molar-refractivity contribution in [2.45, 2.75) is 25.3 Å². The molecule has 1 saturated carbocycles. The number of carbonyl (C=O) groups excluding carboxylic acids is 1. The second-order valence-corrected chi connectivity index (χ2v) is 10.1. The van der Waals surface area contributed by atoms with Crippen molar-refractivity contribution in [3.63, 3.8) is 0 Å². The fourth-order valence-corrected chi connectivity index (χ4v) is 5.87. The lowest BCUT2D eigenvalue weighted by Gasteiger charge is -2.30. The quantitative estimate of drug-likeness (QED) is 0.256. The Kier molecular flexibility index (Phi) is 7.23. The molecular formula is C34H32N2O4. The molecular weight excluding hydrogens is 500 g/mol. The first-order valence-corrected chi connectivity index (χ1v) is 13.7. The largest absolute Gasteiger partial charge is 0.496 e. The van der Waals surface area contributed by atoms with Crippen LogP contribution in [0.3, 0.4) is 0 Å². The van der Waals surface area contributed by atoms with Gasteiger partial charge in [0.25, 0.3) is 5.91 Å². The number of methoxy groups -OCH3 is 2. The molecule has 6 rings (SSSR count). The lowest BCUT2D eigenvalue weighted by molar-refractivity contribution is -0.135. The molecule has 2 atom stereocenters. The molecule has 6 nitrogen and oxygen atoms in total. The number of allylic oxidation sites excluding steroid dienone is 1. The number of para-hydroxylation sites is 2. The molecule has 0 aromatic heterocycles. The van der Waals surface area contributed by atoms with Gasteiger partial charge in [0.15, 0.2) is 6.61 Å². The van der Waals surface area contributed by atoms with E-state index < -0.39 is 0 Å². The normalized spacial score (nSPS) is 19.3. The van der Waals surface area contributed by atoms with Crippen molar-refractivity contribution in [3.8, 4) is 17.2 Å². The number of nitrogens with zero attached hydrogens (tertiary/aromatic N) is 2. The minimum Gasteiger partial charge on any atom is -0.496 e. The van der Waals surface area contributed by atoms with Crippen molar-refractivity contribution in [3.05, 3.63) is 108 Å². The summed E-state index contributed by atoms with van der Waals surface area (Å²) >= 11 is 0. The molecule has 2 unspecified atom stereocenters. The summed E-state index contributed by atoms with van der Waals surface area (Å²) in [5, 5.41) is 8.81. The number of fused-ring (bicyclic) bond motifs is 2. The summed E-state index contributed by atoms with van der Waals surface area (Å²) < 4.78 is 17.3. The van der Waals surface area contributed by atoms with Crippen molar-refractivity contribution in [1.82, 2.24) is 5.01 Å². The number of hydrazone groups is 1. The van der Waals surface area contributed by atoms with Gasteiger partial charge in [0.1, 0.15) is 17.2 Å². The first-order valence-electron chi connectivity index (χ1n) is 13.7. The molecule has 1 heterocycles. The smallest absolute Gasteiger partial charge is 0.281 e. The van der Waals surface area contributed by atoms with Crippen LogP contribution in [0.1, 0.15) is 36.4 Å². The van der Waals surface area contributed by atoms with E-state index in [-0.39, 0.29) is 24.5 Å². The van der Waals surface area contributed by atoms with E-state index in [0.29, 0.717) is 5.75 Å². The monoisotopic (exact) mass is 532 g/mol. The van der Waals surface area contributed by atoms with Crippen molar-refractivity contribution in [1.29, 1.82) is 0 Å². The molecule has 6 heteroatoms. The summed E-state index contributed by atoms with van der Waals surface area (Å²) in [6.45, 7) is -0.112. The summed E-state index contributed by atoms with van der Waals surface area (Å²) in [5.74, 6) is 2.08. The van der Waals surface area contributed by atoms with Gasteiger partial charge in [-0.2, -0.15) is 5.10 Å². The Bertz CT molecular complexity index is 1610. The molecule has 0 spiro atoms. The van der Waals surface area contributed by atoms with Crippen molar-refractivity contribution >= 4 is 28.5 Å². The maximum absolute atomic E-state index is 13.8. The maximum atomic E-state index is 13.8. The highest BCUT2D eigenvalue weighted by Crippen LogP contribution is 2.46. The molecule has 4 aromatic carbocycles. The van der Waals surface area contributed by atoms with Crippen LogP contribution in [0.15, 0.2) is 102 Å². The van der Waals surface area contributed by atoms with Gasteiger partial charge in [-0.25, -0.2) is 5.01 Å². The number of carbonyl (C=O) groups is 1. The van der Waals surface area contributed by atoms with Crippen molar-refractivity contribution < 1.29 is 19.0 Å². The maximum Gasteiger partial charge on any atom is 0.281 e. The molecule has 0 radical (unpaired) electrons. The van der Waals surface area contributed by atoms with Crippen LogP contribution in [0.25, 0.3) is 16.8 Å². The van der Waals surface area contributed by atoms with Gasteiger partial charge in [0.05, 0.1) is 26.0 Å². The number of benzene rings is 4. The Morgan fingerprint density at radius 2 is 1.62 bits per heavy atom. The Morgan fingerprint density at radius 3 is 2.45 bits per heavy atom. The van der Waals surface area contributed by atoms with Crippen LogP contribution >= 0.6 is 0 Å². The van der Waals surface area contributed by atoms with Crippen molar-refractivity contribution in [2.24, 2.45) is 11.0 Å². The van der Waals surface area contributed by atoms with Crippen LogP contribution in [0.2, 0.25) is 0 Å². The number of rotatable bonds is 7. The van der Waals surface area contributed by atoms with Gasteiger partial charge in [0.2, 0.25) is 0 Å². The number of amides is 1. The van der Waals surface area contributed by atoms with Gasteiger partial charge >= 0.3 is 0 Å². The number of hydrogen-bond donors (Lipinski definition) is 0. The summed E-state index contributed by atoms with van der Waals surface area (Å²) in [4.78, 5) is 13.8. The van der Waals surface area contributed by atoms with E-state index in [9.17, 15) is 4.79 Å². The highest BCUT2D eigenvalue weighted by Gasteiger charge is 2.44. The summed E-state index contributed by atoms with van der Waals surface area (Å²) in [6, 6.07) is 29.6. The van der Waals surface area contributed by atoms with Gasteiger partial charge in [0, 0.05) is 17.0 Å². The molecule has 40 heavy (non-hydrogen) atoms. The van der Waals surface area contributed by atoms with E-state index in [1.807, 2.05) is 84.9 Å². The average Bonchev–Trinajstić information content (AvgIpc) is 3.40. The topological polar surface area (TPSA) is 60.4 Å². The van der Waals surface area contributed by atoms with Gasteiger partial charge in [-0.3, -0.25) is 4.79 Å². The molecule has 0 bridgehead atoms. The Hall–Kier alpha value is -4.58. The second kappa shape index (κ2) is 11.3. The molecule has 0 N–H and O–H groups in total.